The molecule has 0 bridgehead atoms. The molecule has 0 aromatic heterocycles. The molecular formula is C16H40NO5P2S2+. The van der Waals surface area contributed by atoms with Gasteiger partial charge in [0, 0.05) is 0 Å². The number of nitrogens with zero attached hydrogens (tertiary/aromatic N) is 1. The van der Waals surface area contributed by atoms with Gasteiger partial charge >= 0.3 is 13.4 Å². The van der Waals surface area contributed by atoms with Gasteiger partial charge < -0.3 is 24.1 Å². The number of unbranched alkanes of at least 4 members (excludes halogenated alkanes) is 4. The van der Waals surface area contributed by atoms with Crippen LogP contribution in [0, 0.1) is 0 Å². The van der Waals surface area contributed by atoms with Crippen LogP contribution in [0.4, 0.5) is 0 Å². The molecule has 0 saturated heterocycles. The first-order chi connectivity index (χ1) is 11.9. The summed E-state index contributed by atoms with van der Waals surface area (Å²) in [4.78, 5) is 33.0. The van der Waals surface area contributed by atoms with Crippen molar-refractivity contribution in [2.45, 2.75) is 79.1 Å². The Morgan fingerprint density at radius 3 is 0.962 bits per heavy atom. The van der Waals surface area contributed by atoms with Gasteiger partial charge in [-0.25, -0.2) is 4.31 Å². The number of quaternary nitrogens is 1. The van der Waals surface area contributed by atoms with Gasteiger partial charge in [-0.3, -0.25) is 0 Å². The minimum absolute atomic E-state index is 1.35. The zero-order chi connectivity index (χ0) is 20.7. The van der Waals surface area contributed by atoms with Gasteiger partial charge in [-0.05, 0) is 49.3 Å². The van der Waals surface area contributed by atoms with Crippen molar-refractivity contribution in [2.75, 3.05) is 26.2 Å². The Morgan fingerprint density at radius 2 is 0.846 bits per heavy atom. The third kappa shape index (κ3) is 19.8. The third-order valence-corrected chi connectivity index (χ3v) is 7.06. The van der Waals surface area contributed by atoms with E-state index in [-0.39, 0.29) is 0 Å². The molecule has 0 aliphatic carbocycles. The molecule has 4 N–H and O–H groups in total. The molecule has 160 valence electrons. The van der Waals surface area contributed by atoms with Crippen molar-refractivity contribution in [2.24, 2.45) is 0 Å². The molecule has 0 rings (SSSR count). The van der Waals surface area contributed by atoms with Crippen LogP contribution in [0.3, 0.4) is 0 Å². The Balaban J connectivity index is 0. The van der Waals surface area contributed by atoms with Crippen molar-refractivity contribution in [3.8, 4) is 0 Å². The first-order valence-corrected chi connectivity index (χ1v) is 14.9. The molecule has 0 heterocycles. The molecule has 10 heteroatoms. The van der Waals surface area contributed by atoms with Gasteiger partial charge in [-0.2, -0.15) is 0 Å². The average molecular weight is 453 g/mol. The summed E-state index contributed by atoms with van der Waals surface area (Å²) in [7, 11) is 0. The highest BCUT2D eigenvalue weighted by Crippen LogP contribution is 2.54. The lowest BCUT2D eigenvalue weighted by Crippen LogP contribution is -2.50. The molecular weight excluding hydrogens is 412 g/mol. The normalized spacial score (nSPS) is 12.6. The highest BCUT2D eigenvalue weighted by atomic mass is 32.5. The monoisotopic (exact) mass is 452 g/mol. The average Bonchev–Trinajstić information content (AvgIpc) is 2.50. The Hall–Kier alpha value is 1.06. The molecule has 0 saturated carbocycles. The van der Waals surface area contributed by atoms with Crippen LogP contribution in [0.1, 0.15) is 79.1 Å². The molecule has 0 radical (unpaired) electrons. The van der Waals surface area contributed by atoms with Gasteiger partial charge in [0.05, 0.1) is 26.2 Å². The minimum Gasteiger partial charge on any atom is -0.324 e. The van der Waals surface area contributed by atoms with Gasteiger partial charge in [0.15, 0.2) is 0 Å². The molecule has 0 spiro atoms. The molecule has 0 atom stereocenters. The van der Waals surface area contributed by atoms with Crippen LogP contribution in [0.25, 0.3) is 0 Å². The lowest BCUT2D eigenvalue weighted by molar-refractivity contribution is -0.929. The second-order valence-corrected chi connectivity index (χ2v) is 12.2. The first kappa shape index (κ1) is 29.3. The summed E-state index contributed by atoms with van der Waals surface area (Å²) in [6.45, 7) is 7.00. The maximum absolute atomic E-state index is 8.25. The van der Waals surface area contributed by atoms with E-state index in [1.54, 1.807) is 0 Å². The summed E-state index contributed by atoms with van der Waals surface area (Å²) in [6, 6.07) is 0. The number of hydrogen-bond acceptors (Lipinski definition) is 3. The highest BCUT2D eigenvalue weighted by molar-refractivity contribution is 8.13. The maximum atomic E-state index is 8.25. The summed E-state index contributed by atoms with van der Waals surface area (Å²) < 4.78 is 5.12. The largest absolute Gasteiger partial charge is 0.329 e. The lowest BCUT2D eigenvalue weighted by atomic mass is 10.1. The van der Waals surface area contributed by atoms with E-state index < -0.39 is 13.4 Å². The molecule has 0 fully saturated rings. The standard InChI is InChI=1S/C16H36N.H4O5P2S2/c1-5-9-13-17(14-10-6-2,15-11-7-3)16-12-8-4;1-6(2,8)5-7(3,4)9/h5-16H2,1-4H3;(H2,1,2,8)(H2,3,4,9)/q+1;. The van der Waals surface area contributed by atoms with Gasteiger partial charge in [0.2, 0.25) is 0 Å². The van der Waals surface area contributed by atoms with Crippen LogP contribution in [0.15, 0.2) is 0 Å². The lowest BCUT2D eigenvalue weighted by Gasteiger charge is -2.39. The van der Waals surface area contributed by atoms with Crippen LogP contribution in [-0.2, 0) is 27.9 Å². The maximum Gasteiger partial charge on any atom is 0.329 e. The number of hydrogen-bond donors (Lipinski definition) is 4. The second kappa shape index (κ2) is 15.9. The van der Waals surface area contributed by atoms with Gasteiger partial charge in [0.25, 0.3) is 0 Å². The van der Waals surface area contributed by atoms with Crippen LogP contribution < -0.4 is 0 Å². The SMILES string of the molecule is CCCC[N+](CCCC)(CCCC)CCCC.OP(O)(=S)OP(O)(O)=S. The molecule has 0 aromatic rings. The van der Waals surface area contributed by atoms with Crippen LogP contribution >= 0.6 is 13.4 Å². The molecule has 0 amide bonds. The fraction of sp³-hybridized carbons (Fsp3) is 1.00. The highest BCUT2D eigenvalue weighted by Gasteiger charge is 2.24. The smallest absolute Gasteiger partial charge is 0.324 e. The summed E-state index contributed by atoms with van der Waals surface area (Å²) in [5.74, 6) is 0. The van der Waals surface area contributed by atoms with Gasteiger partial charge in [0.1, 0.15) is 0 Å². The molecule has 0 aliphatic rings. The fourth-order valence-corrected chi connectivity index (χ4v) is 5.95. The molecule has 0 unspecified atom stereocenters. The summed E-state index contributed by atoms with van der Waals surface area (Å²) >= 11 is 7.75. The second-order valence-electron chi connectivity index (χ2n) is 6.71. The fourth-order valence-electron chi connectivity index (χ4n) is 2.78. The minimum atomic E-state index is -4.01. The van der Waals surface area contributed by atoms with Crippen LogP contribution in [0.2, 0.25) is 0 Å². The van der Waals surface area contributed by atoms with E-state index in [0.717, 1.165) is 0 Å². The Morgan fingerprint density at radius 1 is 0.615 bits per heavy atom. The van der Waals surface area contributed by atoms with Crippen molar-refractivity contribution in [3.63, 3.8) is 0 Å². The Bertz CT molecular complexity index is 371. The summed E-state index contributed by atoms with van der Waals surface area (Å²) in [6.07, 6.45) is 11.1. The van der Waals surface area contributed by atoms with E-state index >= 15 is 0 Å². The van der Waals surface area contributed by atoms with Crippen LogP contribution in [-0.4, -0.2) is 50.2 Å². The predicted octanol–water partition coefficient (Wildman–Crippen LogP) is 4.42. The van der Waals surface area contributed by atoms with Crippen LogP contribution in [0.5, 0.6) is 0 Å². The van der Waals surface area contributed by atoms with E-state index in [0.29, 0.717) is 0 Å². The van der Waals surface area contributed by atoms with Gasteiger partial charge in [-0.1, -0.05) is 53.4 Å². The summed E-state index contributed by atoms with van der Waals surface area (Å²) in [5.41, 5.74) is 0. The van der Waals surface area contributed by atoms with Crippen molar-refractivity contribution in [1.29, 1.82) is 0 Å². The Labute approximate surface area is 170 Å². The van der Waals surface area contributed by atoms with Crippen molar-refractivity contribution in [1.82, 2.24) is 0 Å². The Kier molecular flexibility index (Phi) is 17.9. The zero-order valence-electron chi connectivity index (χ0n) is 16.8. The van der Waals surface area contributed by atoms with E-state index in [4.69, 9.17) is 19.6 Å². The topological polar surface area (TPSA) is 90.2 Å². The van der Waals surface area contributed by atoms with Crippen molar-refractivity contribution in [3.05, 3.63) is 0 Å². The van der Waals surface area contributed by atoms with E-state index in [1.165, 1.54) is 82.0 Å². The summed E-state index contributed by atoms with van der Waals surface area (Å²) in [5, 5.41) is 0. The quantitative estimate of drug-likeness (QED) is 0.229. The molecule has 0 aliphatic heterocycles. The third-order valence-electron chi connectivity index (χ3n) is 4.16. The van der Waals surface area contributed by atoms with Gasteiger partial charge in [-0.15, -0.1) is 0 Å². The molecule has 6 nitrogen and oxygen atoms in total. The predicted molar refractivity (Wildman–Crippen MR) is 118 cm³/mol. The zero-order valence-corrected chi connectivity index (χ0v) is 20.3. The van der Waals surface area contributed by atoms with Crippen molar-refractivity contribution >= 4 is 37.1 Å². The van der Waals surface area contributed by atoms with E-state index in [1.807, 2.05) is 0 Å². The van der Waals surface area contributed by atoms with E-state index in [2.05, 4.69) is 55.6 Å². The molecule has 26 heavy (non-hydrogen) atoms. The van der Waals surface area contributed by atoms with Crippen molar-refractivity contribution < 1.29 is 28.4 Å². The first-order valence-electron chi connectivity index (χ1n) is 9.62. The van der Waals surface area contributed by atoms with E-state index in [9.17, 15) is 0 Å². The molecule has 0 aromatic carbocycles. The number of rotatable bonds is 14.